The number of rotatable bonds is 8. The molecule has 0 amide bonds. The molecule has 1 aromatic carbocycles. The van der Waals surface area contributed by atoms with Crippen molar-refractivity contribution >= 4 is 24.9 Å². The third kappa shape index (κ3) is 5.62. The monoisotopic (exact) mass is 491 g/mol. The first kappa shape index (κ1) is 24.5. The van der Waals surface area contributed by atoms with Crippen molar-refractivity contribution in [3.05, 3.63) is 54.5 Å². The van der Waals surface area contributed by atoms with Crippen LogP contribution in [0, 0.1) is 11.3 Å². The number of hydrogen-bond donors (Lipinski definition) is 0. The standard InChI is InChI=1S/C28H41N5OSi/c1-28-12-15-32(13-10-24(28)19-31(20-28)18-23-8-6-5-7-9-23)26-25-11-14-33(27(25)30-21-29-26)22-34-16-17-35(2,3)4/h5-9,11,14,21,24H,10,12-13,15-20,22H2,1-4H3/t24-,28+/m1/s1. The lowest BCUT2D eigenvalue weighted by molar-refractivity contribution is 0.0899. The summed E-state index contributed by atoms with van der Waals surface area (Å²) >= 11 is 0. The van der Waals surface area contributed by atoms with Crippen LogP contribution in [0.3, 0.4) is 0 Å². The summed E-state index contributed by atoms with van der Waals surface area (Å²) in [5, 5.41) is 1.14. The summed E-state index contributed by atoms with van der Waals surface area (Å²) in [5.41, 5.74) is 2.77. The quantitative estimate of drug-likeness (QED) is 0.308. The van der Waals surface area contributed by atoms with Gasteiger partial charge in [-0.15, -0.1) is 0 Å². The molecule has 0 saturated carbocycles. The van der Waals surface area contributed by atoms with E-state index in [2.05, 4.69) is 88.5 Å². The van der Waals surface area contributed by atoms with Crippen LogP contribution in [0.5, 0.6) is 0 Å². The Hall–Kier alpha value is -2.22. The lowest BCUT2D eigenvalue weighted by atomic mass is 9.76. The molecule has 0 unspecified atom stereocenters. The maximum atomic E-state index is 6.00. The van der Waals surface area contributed by atoms with Gasteiger partial charge in [0.05, 0.1) is 5.39 Å². The molecule has 2 aromatic heterocycles. The smallest absolute Gasteiger partial charge is 0.147 e. The van der Waals surface area contributed by atoms with Crippen molar-refractivity contribution in [2.75, 3.05) is 37.7 Å². The van der Waals surface area contributed by atoms with Crippen molar-refractivity contribution in [3.8, 4) is 0 Å². The maximum absolute atomic E-state index is 6.00. The molecule has 0 radical (unpaired) electrons. The second-order valence-electron chi connectivity index (χ2n) is 12.1. The van der Waals surface area contributed by atoms with Crippen molar-refractivity contribution in [3.63, 3.8) is 0 Å². The van der Waals surface area contributed by atoms with E-state index >= 15 is 0 Å². The van der Waals surface area contributed by atoms with Gasteiger partial charge in [-0.25, -0.2) is 9.97 Å². The lowest BCUT2D eigenvalue weighted by Crippen LogP contribution is -2.30. The molecule has 0 spiro atoms. The van der Waals surface area contributed by atoms with E-state index in [0.29, 0.717) is 12.1 Å². The number of likely N-dealkylation sites (tertiary alicyclic amines) is 1. The van der Waals surface area contributed by atoms with E-state index < -0.39 is 8.07 Å². The minimum absolute atomic E-state index is 0.367. The van der Waals surface area contributed by atoms with E-state index in [9.17, 15) is 0 Å². The summed E-state index contributed by atoms with van der Waals surface area (Å²) in [6.07, 6.45) is 6.25. The summed E-state index contributed by atoms with van der Waals surface area (Å²) in [4.78, 5) is 14.5. The van der Waals surface area contributed by atoms with Crippen LogP contribution in [-0.4, -0.2) is 60.3 Å². The van der Waals surface area contributed by atoms with Gasteiger partial charge in [0.25, 0.3) is 0 Å². The number of anilines is 1. The molecule has 0 N–H and O–H groups in total. The molecule has 5 rings (SSSR count). The van der Waals surface area contributed by atoms with Gasteiger partial charge in [-0.3, -0.25) is 4.90 Å². The Morgan fingerprint density at radius 2 is 1.91 bits per heavy atom. The molecule has 0 bridgehead atoms. The summed E-state index contributed by atoms with van der Waals surface area (Å²) in [6.45, 7) is 16.6. The van der Waals surface area contributed by atoms with Gasteiger partial charge in [0, 0.05) is 53.6 Å². The number of aromatic nitrogens is 3. The highest BCUT2D eigenvalue weighted by Gasteiger charge is 2.44. The molecular formula is C28H41N5OSi. The van der Waals surface area contributed by atoms with Crippen molar-refractivity contribution < 1.29 is 4.74 Å². The predicted octanol–water partition coefficient (Wildman–Crippen LogP) is 5.48. The minimum atomic E-state index is -1.08. The fraction of sp³-hybridized carbons (Fsp3) is 0.571. The molecule has 2 fully saturated rings. The van der Waals surface area contributed by atoms with Gasteiger partial charge in [0.2, 0.25) is 0 Å². The first-order valence-electron chi connectivity index (χ1n) is 13.2. The normalized spacial score (nSPS) is 23.5. The molecule has 2 atom stereocenters. The van der Waals surface area contributed by atoms with Crippen LogP contribution in [0.15, 0.2) is 48.9 Å². The zero-order valence-electron chi connectivity index (χ0n) is 21.9. The molecule has 2 saturated heterocycles. The average molecular weight is 492 g/mol. The molecule has 0 aliphatic carbocycles. The van der Waals surface area contributed by atoms with Gasteiger partial charge >= 0.3 is 0 Å². The Morgan fingerprint density at radius 1 is 1.09 bits per heavy atom. The SMILES string of the molecule is C[C@@]12CCN(c3ncnc4c3ccn4COCC[Si](C)(C)C)CC[C@@H]1CN(Cc1ccccc1)C2. The number of hydrogen-bond acceptors (Lipinski definition) is 5. The fourth-order valence-corrected chi connectivity index (χ4v) is 6.59. The van der Waals surface area contributed by atoms with E-state index in [4.69, 9.17) is 9.72 Å². The Balaban J connectivity index is 1.24. The van der Waals surface area contributed by atoms with Gasteiger partial charge in [-0.05, 0) is 41.8 Å². The van der Waals surface area contributed by atoms with E-state index in [1.165, 1.54) is 37.5 Å². The molecule has 188 valence electrons. The summed E-state index contributed by atoms with van der Waals surface area (Å²) in [7, 11) is -1.08. The van der Waals surface area contributed by atoms with Crippen LogP contribution in [0.2, 0.25) is 25.7 Å². The maximum Gasteiger partial charge on any atom is 0.147 e. The molecule has 6 nitrogen and oxygen atoms in total. The van der Waals surface area contributed by atoms with Crippen LogP contribution in [-0.2, 0) is 18.0 Å². The largest absolute Gasteiger partial charge is 0.361 e. The van der Waals surface area contributed by atoms with Crippen molar-refractivity contribution in [1.82, 2.24) is 19.4 Å². The first-order valence-corrected chi connectivity index (χ1v) is 16.9. The third-order valence-electron chi connectivity index (χ3n) is 8.06. The van der Waals surface area contributed by atoms with Crippen molar-refractivity contribution in [2.45, 2.75) is 58.7 Å². The number of benzene rings is 1. The van der Waals surface area contributed by atoms with Gasteiger partial charge in [0.15, 0.2) is 0 Å². The Morgan fingerprint density at radius 3 is 2.71 bits per heavy atom. The van der Waals surface area contributed by atoms with Crippen molar-refractivity contribution in [2.24, 2.45) is 11.3 Å². The average Bonchev–Trinajstić information content (AvgIpc) is 3.33. The molecule has 2 aliphatic rings. The highest BCUT2D eigenvalue weighted by molar-refractivity contribution is 6.76. The third-order valence-corrected chi connectivity index (χ3v) is 9.76. The van der Waals surface area contributed by atoms with Crippen molar-refractivity contribution in [1.29, 1.82) is 0 Å². The molecule has 2 aliphatic heterocycles. The first-order chi connectivity index (χ1) is 16.8. The molecule has 4 heterocycles. The molecule has 3 aromatic rings. The number of nitrogens with zero attached hydrogens (tertiary/aromatic N) is 5. The van der Waals surface area contributed by atoms with E-state index in [1.54, 1.807) is 6.33 Å². The van der Waals surface area contributed by atoms with Crippen LogP contribution >= 0.6 is 0 Å². The second kappa shape index (κ2) is 10.0. The van der Waals surface area contributed by atoms with Gasteiger partial charge in [-0.1, -0.05) is 56.9 Å². The summed E-state index contributed by atoms with van der Waals surface area (Å²) < 4.78 is 8.13. The number of fused-ring (bicyclic) bond motifs is 2. The zero-order chi connectivity index (χ0) is 24.5. The topological polar surface area (TPSA) is 46.4 Å². The second-order valence-corrected chi connectivity index (χ2v) is 17.7. The van der Waals surface area contributed by atoms with E-state index in [-0.39, 0.29) is 0 Å². The Kier molecular flexibility index (Phi) is 7.01. The van der Waals surface area contributed by atoms with Crippen LogP contribution < -0.4 is 4.90 Å². The van der Waals surface area contributed by atoms with Crippen LogP contribution in [0.25, 0.3) is 11.0 Å². The summed E-state index contributed by atoms with van der Waals surface area (Å²) in [6, 6.07) is 14.3. The van der Waals surface area contributed by atoms with E-state index in [0.717, 1.165) is 49.0 Å². The summed E-state index contributed by atoms with van der Waals surface area (Å²) in [5.74, 6) is 1.82. The zero-order valence-corrected chi connectivity index (χ0v) is 22.9. The molecule has 7 heteroatoms. The number of ether oxygens (including phenoxy) is 1. The molecule has 35 heavy (non-hydrogen) atoms. The minimum Gasteiger partial charge on any atom is -0.361 e. The highest BCUT2D eigenvalue weighted by Crippen LogP contribution is 2.44. The fourth-order valence-electron chi connectivity index (χ4n) is 5.83. The highest BCUT2D eigenvalue weighted by atomic mass is 28.3. The predicted molar refractivity (Wildman–Crippen MR) is 146 cm³/mol. The lowest BCUT2D eigenvalue weighted by Gasteiger charge is -2.28. The molecular weight excluding hydrogens is 450 g/mol. The van der Waals surface area contributed by atoms with Gasteiger partial charge < -0.3 is 14.2 Å². The van der Waals surface area contributed by atoms with E-state index in [1.807, 2.05) is 0 Å². The Labute approximate surface area is 211 Å². The van der Waals surface area contributed by atoms with Crippen LogP contribution in [0.4, 0.5) is 5.82 Å². The van der Waals surface area contributed by atoms with Gasteiger partial charge in [-0.2, -0.15) is 0 Å². The Bertz CT molecular complexity index is 1130. The van der Waals surface area contributed by atoms with Crippen LogP contribution in [0.1, 0.15) is 25.3 Å². The van der Waals surface area contributed by atoms with Gasteiger partial charge in [0.1, 0.15) is 24.5 Å².